The summed E-state index contributed by atoms with van der Waals surface area (Å²) in [5, 5.41) is 12.3. The minimum absolute atomic E-state index is 0.177. The maximum atomic E-state index is 12.5. The molecule has 2 amide bonds. The normalized spacial score (nSPS) is 15.0. The van der Waals surface area contributed by atoms with Crippen LogP contribution in [-0.2, 0) is 11.4 Å². The molecule has 1 saturated heterocycles. The van der Waals surface area contributed by atoms with Crippen molar-refractivity contribution >= 4 is 68.3 Å². The first kappa shape index (κ1) is 27.4. The highest BCUT2D eigenvalue weighted by molar-refractivity contribution is 9.10. The molecule has 0 spiro atoms. The number of nitrogens with one attached hydrogen (secondary N) is 1. The average molecular weight is 616 g/mol. The van der Waals surface area contributed by atoms with Gasteiger partial charge in [-0.1, -0.05) is 39.7 Å². The first-order valence-electron chi connectivity index (χ1n) is 11.2. The van der Waals surface area contributed by atoms with Crippen LogP contribution >= 0.6 is 39.3 Å². The fourth-order valence-electron chi connectivity index (χ4n) is 3.32. The van der Waals surface area contributed by atoms with Crippen LogP contribution in [0.15, 0.2) is 75.0 Å². The highest BCUT2D eigenvalue weighted by Gasteiger charge is 2.25. The van der Waals surface area contributed by atoms with E-state index in [1.165, 1.54) is 12.1 Å². The summed E-state index contributed by atoms with van der Waals surface area (Å²) in [6.45, 7) is 2.43. The fourth-order valence-corrected chi connectivity index (χ4v) is 4.69. The summed E-state index contributed by atoms with van der Waals surface area (Å²) < 4.78 is 12.4. The number of hydrogen-bond donors (Lipinski definition) is 2. The summed E-state index contributed by atoms with van der Waals surface area (Å²) in [5.74, 6) is -0.926. The Morgan fingerprint density at radius 2 is 1.71 bits per heavy atom. The van der Waals surface area contributed by atoms with Gasteiger partial charge in [-0.15, -0.1) is 0 Å². The third-order valence-corrected chi connectivity index (χ3v) is 7.04. The summed E-state index contributed by atoms with van der Waals surface area (Å²) in [5.41, 5.74) is 2.00. The maximum Gasteiger partial charge on any atom is 0.335 e. The van der Waals surface area contributed by atoms with Crippen molar-refractivity contribution in [1.82, 2.24) is 5.32 Å². The van der Waals surface area contributed by atoms with Gasteiger partial charge in [0.2, 0.25) is 0 Å². The average Bonchev–Trinajstić information content (AvgIpc) is 3.23. The molecule has 1 heterocycles. The van der Waals surface area contributed by atoms with Gasteiger partial charge in [0.05, 0.1) is 17.1 Å². The van der Waals surface area contributed by atoms with Crippen molar-refractivity contribution in [2.75, 3.05) is 6.61 Å². The molecule has 3 aromatic rings. The van der Waals surface area contributed by atoms with E-state index in [2.05, 4.69) is 26.2 Å². The zero-order chi connectivity index (χ0) is 27.2. The van der Waals surface area contributed by atoms with Crippen LogP contribution < -0.4 is 14.8 Å². The molecule has 11 heteroatoms. The molecule has 1 fully saturated rings. The van der Waals surface area contributed by atoms with E-state index in [1.54, 1.807) is 54.6 Å². The SMILES string of the molecule is CCOc1cc(/C=C2\SC(=NC(=O)c3ccc(Cl)cc3)NC2=O)c(Br)cc1OCc1ccc(C(=O)O)cc1. The molecule has 1 aliphatic rings. The van der Waals surface area contributed by atoms with Gasteiger partial charge < -0.3 is 19.9 Å². The van der Waals surface area contributed by atoms with E-state index in [1.807, 2.05) is 6.92 Å². The highest BCUT2D eigenvalue weighted by Crippen LogP contribution is 2.37. The first-order valence-corrected chi connectivity index (χ1v) is 13.2. The minimum Gasteiger partial charge on any atom is -0.490 e. The number of carboxylic acid groups (broad SMARTS) is 1. The molecular formula is C27H20BrClN2O6S. The van der Waals surface area contributed by atoms with E-state index in [0.717, 1.165) is 17.3 Å². The number of aliphatic imine (C=N–C) groups is 1. The van der Waals surface area contributed by atoms with E-state index in [0.29, 0.717) is 43.6 Å². The Labute approximate surface area is 235 Å². The third-order valence-electron chi connectivity index (χ3n) is 5.19. The largest absolute Gasteiger partial charge is 0.490 e. The van der Waals surface area contributed by atoms with Crippen LogP contribution in [0.2, 0.25) is 5.02 Å². The van der Waals surface area contributed by atoms with Crippen LogP contribution in [0.25, 0.3) is 6.08 Å². The predicted octanol–water partition coefficient (Wildman–Crippen LogP) is 6.18. The lowest BCUT2D eigenvalue weighted by Crippen LogP contribution is -2.20. The van der Waals surface area contributed by atoms with Gasteiger partial charge in [-0.2, -0.15) is 4.99 Å². The molecule has 1 aliphatic heterocycles. The number of thioether (sulfide) groups is 1. The second-order valence-electron chi connectivity index (χ2n) is 7.84. The molecule has 3 aromatic carbocycles. The van der Waals surface area contributed by atoms with Crippen molar-refractivity contribution in [3.8, 4) is 11.5 Å². The summed E-state index contributed by atoms with van der Waals surface area (Å²) in [7, 11) is 0. The van der Waals surface area contributed by atoms with Crippen LogP contribution in [0.4, 0.5) is 0 Å². The number of benzene rings is 3. The number of hydrogen-bond acceptors (Lipinski definition) is 6. The number of amidine groups is 1. The summed E-state index contributed by atoms with van der Waals surface area (Å²) in [6, 6.07) is 16.2. The van der Waals surface area contributed by atoms with Gasteiger partial charge in [-0.05, 0) is 84.4 Å². The maximum absolute atomic E-state index is 12.5. The van der Waals surface area contributed by atoms with Gasteiger partial charge >= 0.3 is 5.97 Å². The summed E-state index contributed by atoms with van der Waals surface area (Å²) in [4.78, 5) is 40.4. The van der Waals surface area contributed by atoms with Crippen LogP contribution in [0.1, 0.15) is 38.8 Å². The van der Waals surface area contributed by atoms with E-state index >= 15 is 0 Å². The molecule has 0 aliphatic carbocycles. The number of ether oxygens (including phenoxy) is 2. The second kappa shape index (κ2) is 12.3. The standard InChI is InChI=1S/C27H20BrClN2O6S/c1-2-36-21-11-18(20(28)13-22(21)37-14-15-3-5-17(6-4-15)26(34)35)12-23-25(33)31-27(38-23)30-24(32)16-7-9-19(29)10-8-16/h3-13H,2,14H2,1H3,(H,34,35)(H,30,31,32,33)/b23-12-. The number of halogens is 2. The van der Waals surface area contributed by atoms with Crippen molar-refractivity contribution in [3.05, 3.63) is 97.3 Å². The Morgan fingerprint density at radius 1 is 1.05 bits per heavy atom. The molecule has 2 N–H and O–H groups in total. The Kier molecular flexibility index (Phi) is 8.88. The first-order chi connectivity index (χ1) is 18.2. The Morgan fingerprint density at radius 3 is 2.37 bits per heavy atom. The second-order valence-corrected chi connectivity index (χ2v) is 10.2. The molecule has 0 atom stereocenters. The van der Waals surface area contributed by atoms with E-state index < -0.39 is 11.9 Å². The van der Waals surface area contributed by atoms with Crippen molar-refractivity contribution in [3.63, 3.8) is 0 Å². The smallest absolute Gasteiger partial charge is 0.335 e. The van der Waals surface area contributed by atoms with Gasteiger partial charge in [-0.25, -0.2) is 4.79 Å². The molecule has 38 heavy (non-hydrogen) atoms. The van der Waals surface area contributed by atoms with Crippen molar-refractivity contribution in [1.29, 1.82) is 0 Å². The van der Waals surface area contributed by atoms with Gasteiger partial charge in [0, 0.05) is 15.1 Å². The topological polar surface area (TPSA) is 114 Å². The van der Waals surface area contributed by atoms with Crippen LogP contribution in [0.3, 0.4) is 0 Å². The third kappa shape index (κ3) is 6.83. The summed E-state index contributed by atoms with van der Waals surface area (Å²) in [6.07, 6.45) is 1.66. The predicted molar refractivity (Wildman–Crippen MR) is 150 cm³/mol. The zero-order valence-electron chi connectivity index (χ0n) is 19.9. The van der Waals surface area contributed by atoms with E-state index in [9.17, 15) is 14.4 Å². The van der Waals surface area contributed by atoms with Crippen molar-refractivity contribution in [2.24, 2.45) is 4.99 Å². The molecule has 8 nitrogen and oxygen atoms in total. The number of nitrogens with zero attached hydrogens (tertiary/aromatic N) is 1. The Hall–Kier alpha value is -3.60. The molecule has 0 radical (unpaired) electrons. The number of rotatable bonds is 8. The summed E-state index contributed by atoms with van der Waals surface area (Å²) >= 11 is 10.4. The quantitative estimate of drug-likeness (QED) is 0.291. The molecule has 0 aromatic heterocycles. The molecule has 4 rings (SSSR count). The zero-order valence-corrected chi connectivity index (χ0v) is 23.0. The molecule has 0 bridgehead atoms. The van der Waals surface area contributed by atoms with Crippen molar-refractivity contribution in [2.45, 2.75) is 13.5 Å². The van der Waals surface area contributed by atoms with Crippen LogP contribution in [0.5, 0.6) is 11.5 Å². The monoisotopic (exact) mass is 614 g/mol. The van der Waals surface area contributed by atoms with E-state index in [4.69, 9.17) is 26.2 Å². The number of carboxylic acids is 1. The van der Waals surface area contributed by atoms with Gasteiger partial charge in [0.15, 0.2) is 16.7 Å². The lowest BCUT2D eigenvalue weighted by atomic mass is 10.1. The Bertz CT molecular complexity index is 1460. The number of aromatic carboxylic acids is 1. The Balaban J connectivity index is 1.51. The molecule has 194 valence electrons. The number of amides is 2. The molecular weight excluding hydrogens is 596 g/mol. The van der Waals surface area contributed by atoms with E-state index in [-0.39, 0.29) is 23.2 Å². The van der Waals surface area contributed by atoms with Crippen LogP contribution in [0, 0.1) is 0 Å². The van der Waals surface area contributed by atoms with Gasteiger partial charge in [-0.3, -0.25) is 9.59 Å². The lowest BCUT2D eigenvalue weighted by molar-refractivity contribution is -0.115. The molecule has 0 saturated carbocycles. The van der Waals surface area contributed by atoms with Crippen molar-refractivity contribution < 1.29 is 29.0 Å². The minimum atomic E-state index is -0.995. The van der Waals surface area contributed by atoms with Crippen LogP contribution in [-0.4, -0.2) is 34.7 Å². The fraction of sp³-hybridized carbons (Fsp3) is 0.111. The number of carbonyl (C=O) groups is 3. The van der Waals surface area contributed by atoms with Gasteiger partial charge in [0.25, 0.3) is 11.8 Å². The number of carbonyl (C=O) groups excluding carboxylic acids is 2. The highest BCUT2D eigenvalue weighted by atomic mass is 79.9. The lowest BCUT2D eigenvalue weighted by Gasteiger charge is -2.14. The molecule has 0 unspecified atom stereocenters. The van der Waals surface area contributed by atoms with Gasteiger partial charge in [0.1, 0.15) is 6.61 Å².